The highest BCUT2D eigenvalue weighted by atomic mass is 35.5. The van der Waals surface area contributed by atoms with Crippen molar-refractivity contribution in [1.29, 1.82) is 0 Å². The van der Waals surface area contributed by atoms with Gasteiger partial charge in [-0.3, -0.25) is 9.78 Å². The van der Waals surface area contributed by atoms with Gasteiger partial charge in [-0.25, -0.2) is 14.4 Å². The summed E-state index contributed by atoms with van der Waals surface area (Å²) >= 11 is 6.08. The van der Waals surface area contributed by atoms with Gasteiger partial charge in [0, 0.05) is 16.3 Å². The smallest absolute Gasteiger partial charge is 0.169 e. The molecule has 0 amide bonds. The molecule has 5 nitrogen and oxygen atoms in total. The number of carbonyl (C=O) groups is 1. The molecule has 0 bridgehead atoms. The molecule has 0 aliphatic rings. The minimum atomic E-state index is -0.403. The Kier molecular flexibility index (Phi) is 5.00. The molecular formula is C18H13ClFN3O2. The first-order valence-electron chi connectivity index (χ1n) is 7.39. The van der Waals surface area contributed by atoms with E-state index in [-0.39, 0.29) is 12.2 Å². The van der Waals surface area contributed by atoms with Gasteiger partial charge in [-0.05, 0) is 36.8 Å². The van der Waals surface area contributed by atoms with E-state index >= 15 is 0 Å². The fraction of sp³-hybridized carbons (Fsp3) is 0.111. The van der Waals surface area contributed by atoms with Crippen LogP contribution in [0.5, 0.6) is 11.5 Å². The van der Waals surface area contributed by atoms with E-state index in [2.05, 4.69) is 15.0 Å². The standard InChI is InChI=1S/C18H13ClFN3O2/c1-11-2-14(23-9-17(11)20)6-18(24)12-3-13(19)5-15(4-12)25-16-7-21-10-22-8-16/h2-5,7-10H,6H2,1H3. The predicted octanol–water partition coefficient (Wildman–Crippen LogP) is 4.19. The quantitative estimate of drug-likeness (QED) is 0.640. The lowest BCUT2D eigenvalue weighted by atomic mass is 10.1. The first-order valence-corrected chi connectivity index (χ1v) is 7.77. The van der Waals surface area contributed by atoms with Gasteiger partial charge in [0.1, 0.15) is 17.9 Å². The van der Waals surface area contributed by atoms with E-state index < -0.39 is 5.82 Å². The van der Waals surface area contributed by atoms with Crippen molar-refractivity contribution in [3.05, 3.63) is 76.8 Å². The summed E-state index contributed by atoms with van der Waals surface area (Å²) in [6, 6.07) is 6.27. The maximum absolute atomic E-state index is 13.3. The molecule has 3 rings (SSSR count). The van der Waals surface area contributed by atoms with E-state index in [1.807, 2.05) is 0 Å². The average Bonchev–Trinajstić information content (AvgIpc) is 2.58. The Morgan fingerprint density at radius 3 is 2.60 bits per heavy atom. The summed E-state index contributed by atoms with van der Waals surface area (Å²) in [7, 11) is 0. The number of hydrogen-bond acceptors (Lipinski definition) is 5. The first kappa shape index (κ1) is 17.0. The third kappa shape index (κ3) is 4.36. The maximum atomic E-state index is 13.3. The van der Waals surface area contributed by atoms with Gasteiger partial charge in [-0.15, -0.1) is 0 Å². The van der Waals surface area contributed by atoms with E-state index in [1.54, 1.807) is 31.2 Å². The number of ketones is 1. The third-order valence-corrected chi connectivity index (χ3v) is 3.63. The van der Waals surface area contributed by atoms with Crippen molar-refractivity contribution < 1.29 is 13.9 Å². The van der Waals surface area contributed by atoms with Crippen LogP contribution >= 0.6 is 11.6 Å². The lowest BCUT2D eigenvalue weighted by Crippen LogP contribution is -2.06. The van der Waals surface area contributed by atoms with Gasteiger partial charge in [0.15, 0.2) is 11.5 Å². The van der Waals surface area contributed by atoms with Gasteiger partial charge in [-0.1, -0.05) is 11.6 Å². The van der Waals surface area contributed by atoms with Gasteiger partial charge in [0.05, 0.1) is 25.0 Å². The highest BCUT2D eigenvalue weighted by molar-refractivity contribution is 6.31. The molecule has 1 aromatic carbocycles. The number of nitrogens with zero attached hydrogens (tertiary/aromatic N) is 3. The molecule has 7 heteroatoms. The van der Waals surface area contributed by atoms with Gasteiger partial charge < -0.3 is 4.74 Å². The van der Waals surface area contributed by atoms with Gasteiger partial charge in [0.2, 0.25) is 0 Å². The number of rotatable bonds is 5. The van der Waals surface area contributed by atoms with Crippen molar-refractivity contribution in [2.45, 2.75) is 13.3 Å². The Morgan fingerprint density at radius 2 is 1.88 bits per heavy atom. The number of Topliss-reactive ketones (excluding diaryl/α,β-unsaturated/α-hetero) is 1. The molecule has 0 N–H and O–H groups in total. The molecule has 0 saturated heterocycles. The number of pyridine rings is 1. The first-order chi connectivity index (χ1) is 12.0. The fourth-order valence-corrected chi connectivity index (χ4v) is 2.44. The van der Waals surface area contributed by atoms with E-state index in [9.17, 15) is 9.18 Å². The van der Waals surface area contributed by atoms with E-state index in [1.165, 1.54) is 18.7 Å². The van der Waals surface area contributed by atoms with E-state index in [0.29, 0.717) is 33.3 Å². The summed E-state index contributed by atoms with van der Waals surface area (Å²) in [5, 5.41) is 0.362. The normalized spacial score (nSPS) is 10.5. The van der Waals surface area contributed by atoms with Gasteiger partial charge in [0.25, 0.3) is 0 Å². The van der Waals surface area contributed by atoms with Crippen LogP contribution in [0.1, 0.15) is 21.6 Å². The maximum Gasteiger partial charge on any atom is 0.169 e. The van der Waals surface area contributed by atoms with Crippen LogP contribution in [0.2, 0.25) is 5.02 Å². The zero-order chi connectivity index (χ0) is 17.8. The molecule has 0 spiro atoms. The van der Waals surface area contributed by atoms with Gasteiger partial charge in [-0.2, -0.15) is 0 Å². The largest absolute Gasteiger partial charge is 0.454 e. The number of benzene rings is 1. The second-order valence-corrected chi connectivity index (χ2v) is 5.81. The molecule has 2 aromatic heterocycles. The molecule has 0 saturated carbocycles. The van der Waals surface area contributed by atoms with Crippen molar-refractivity contribution in [3.63, 3.8) is 0 Å². The van der Waals surface area contributed by atoms with Crippen LogP contribution in [0.3, 0.4) is 0 Å². The van der Waals surface area contributed by atoms with Crippen molar-refractivity contribution in [3.8, 4) is 11.5 Å². The molecule has 0 atom stereocenters. The highest BCUT2D eigenvalue weighted by Crippen LogP contribution is 2.26. The lowest BCUT2D eigenvalue weighted by Gasteiger charge is -2.08. The molecule has 0 radical (unpaired) electrons. The van der Waals surface area contributed by atoms with Crippen LogP contribution in [-0.4, -0.2) is 20.7 Å². The summed E-state index contributed by atoms with van der Waals surface area (Å²) in [5.74, 6) is 0.225. The van der Waals surface area contributed by atoms with Crippen LogP contribution in [0.15, 0.2) is 49.2 Å². The fourth-order valence-electron chi connectivity index (χ4n) is 2.22. The Morgan fingerprint density at radius 1 is 1.12 bits per heavy atom. The predicted molar refractivity (Wildman–Crippen MR) is 90.5 cm³/mol. The Bertz CT molecular complexity index is 919. The van der Waals surface area contributed by atoms with Crippen LogP contribution in [0.4, 0.5) is 4.39 Å². The number of aromatic nitrogens is 3. The summed E-state index contributed by atoms with van der Waals surface area (Å²) in [5.41, 5.74) is 1.31. The molecule has 0 aliphatic heterocycles. The van der Waals surface area contributed by atoms with Gasteiger partial charge >= 0.3 is 0 Å². The van der Waals surface area contributed by atoms with E-state index in [0.717, 1.165) is 6.20 Å². The summed E-state index contributed by atoms with van der Waals surface area (Å²) < 4.78 is 18.9. The van der Waals surface area contributed by atoms with Crippen LogP contribution in [0.25, 0.3) is 0 Å². The summed E-state index contributed by atoms with van der Waals surface area (Å²) in [4.78, 5) is 24.1. The molecule has 0 aliphatic carbocycles. The van der Waals surface area contributed by atoms with Crippen LogP contribution in [0, 0.1) is 12.7 Å². The van der Waals surface area contributed by atoms with Crippen LogP contribution in [-0.2, 0) is 6.42 Å². The lowest BCUT2D eigenvalue weighted by molar-refractivity contribution is 0.0991. The van der Waals surface area contributed by atoms with Crippen molar-refractivity contribution in [2.24, 2.45) is 0 Å². The monoisotopic (exact) mass is 357 g/mol. The zero-order valence-corrected chi connectivity index (χ0v) is 14.0. The molecule has 2 heterocycles. The molecular weight excluding hydrogens is 345 g/mol. The Hall–Kier alpha value is -2.86. The molecule has 3 aromatic rings. The Balaban J connectivity index is 1.81. The molecule has 0 fully saturated rings. The van der Waals surface area contributed by atoms with Crippen LogP contribution < -0.4 is 4.74 Å². The minimum absolute atomic E-state index is 0.0371. The second-order valence-electron chi connectivity index (χ2n) is 5.38. The second kappa shape index (κ2) is 7.36. The Labute approximate surface area is 148 Å². The third-order valence-electron chi connectivity index (χ3n) is 3.41. The van der Waals surface area contributed by atoms with E-state index in [4.69, 9.17) is 16.3 Å². The molecule has 0 unspecified atom stereocenters. The highest BCUT2D eigenvalue weighted by Gasteiger charge is 2.12. The zero-order valence-electron chi connectivity index (χ0n) is 13.2. The number of carbonyl (C=O) groups excluding carboxylic acids is 1. The average molecular weight is 358 g/mol. The van der Waals surface area contributed by atoms with Crippen molar-refractivity contribution in [1.82, 2.24) is 15.0 Å². The molecule has 126 valence electrons. The number of ether oxygens (including phenoxy) is 1. The summed E-state index contributed by atoms with van der Waals surface area (Å²) in [6.07, 6.45) is 5.54. The summed E-state index contributed by atoms with van der Waals surface area (Å²) in [6.45, 7) is 1.62. The molecule has 25 heavy (non-hydrogen) atoms. The van der Waals surface area contributed by atoms with Crippen molar-refractivity contribution >= 4 is 17.4 Å². The number of aryl methyl sites for hydroxylation is 1. The topological polar surface area (TPSA) is 65.0 Å². The number of hydrogen-bond donors (Lipinski definition) is 0. The SMILES string of the molecule is Cc1cc(CC(=O)c2cc(Cl)cc(Oc3cncnc3)c2)ncc1F. The minimum Gasteiger partial charge on any atom is -0.454 e. The van der Waals surface area contributed by atoms with Crippen molar-refractivity contribution in [2.75, 3.05) is 0 Å². The number of halogens is 2.